The van der Waals surface area contributed by atoms with Crippen LogP contribution >= 0.6 is 0 Å². The van der Waals surface area contributed by atoms with Crippen LogP contribution in [0.4, 0.5) is 5.82 Å². The van der Waals surface area contributed by atoms with E-state index in [0.29, 0.717) is 0 Å². The second kappa shape index (κ2) is 6.47. The third-order valence-electron chi connectivity index (χ3n) is 4.94. The van der Waals surface area contributed by atoms with Crippen LogP contribution in [0.25, 0.3) is 16.7 Å². The molecular weight excluding hydrogens is 310 g/mol. The summed E-state index contributed by atoms with van der Waals surface area (Å²) in [4.78, 5) is 9.31. The smallest absolute Gasteiger partial charge is 0.184 e. The molecule has 0 spiro atoms. The normalized spacial score (nSPS) is 14.9. The molecule has 3 aromatic rings. The van der Waals surface area contributed by atoms with Crippen molar-refractivity contribution in [2.75, 3.05) is 11.9 Å². The number of hydrogen-bond donors (Lipinski definition) is 1. The number of fused-ring (bicyclic) bond motifs is 3. The van der Waals surface area contributed by atoms with Crippen molar-refractivity contribution < 1.29 is 0 Å². The van der Waals surface area contributed by atoms with Gasteiger partial charge >= 0.3 is 0 Å². The van der Waals surface area contributed by atoms with Gasteiger partial charge in [-0.15, -0.1) is 5.10 Å². The summed E-state index contributed by atoms with van der Waals surface area (Å²) < 4.78 is 1.91. The Balaban J connectivity index is 1.68. The summed E-state index contributed by atoms with van der Waals surface area (Å²) >= 11 is 0. The highest BCUT2D eigenvalue weighted by atomic mass is 15.3. The zero-order valence-corrected chi connectivity index (χ0v) is 15.3. The standard InChI is InChI=1S/C20H25N5/c1-13-11-14(2)22-19-18(13)20-23-15(3)12-17(25(20)24-19)21-10-9-16-7-5-4-6-8-16/h7,11-12,21H,4-6,8-10H2,1-3H3. The fourth-order valence-corrected chi connectivity index (χ4v) is 3.75. The van der Waals surface area contributed by atoms with Crippen molar-refractivity contribution in [1.82, 2.24) is 19.6 Å². The SMILES string of the molecule is Cc1cc(C)c2c(n1)nn1c(NCCC3=CCCCC3)cc(C)nc21. The molecule has 1 aliphatic carbocycles. The highest BCUT2D eigenvalue weighted by Gasteiger charge is 2.14. The molecule has 0 atom stereocenters. The first-order chi connectivity index (χ1) is 12.1. The number of aryl methyl sites for hydroxylation is 3. The Labute approximate surface area is 148 Å². The second-order valence-electron chi connectivity index (χ2n) is 7.08. The second-order valence-corrected chi connectivity index (χ2v) is 7.08. The van der Waals surface area contributed by atoms with Crippen molar-refractivity contribution in [3.8, 4) is 0 Å². The average Bonchev–Trinajstić information content (AvgIpc) is 2.94. The largest absolute Gasteiger partial charge is 0.370 e. The lowest BCUT2D eigenvalue weighted by atomic mass is 9.97. The van der Waals surface area contributed by atoms with E-state index in [1.54, 1.807) is 5.57 Å². The molecule has 3 heterocycles. The molecule has 0 fully saturated rings. The van der Waals surface area contributed by atoms with Crippen molar-refractivity contribution in [2.45, 2.75) is 52.9 Å². The van der Waals surface area contributed by atoms with Crippen LogP contribution in [0.3, 0.4) is 0 Å². The molecule has 4 rings (SSSR count). The van der Waals surface area contributed by atoms with Crippen LogP contribution in [-0.2, 0) is 0 Å². The molecule has 5 heteroatoms. The first-order valence-corrected chi connectivity index (χ1v) is 9.18. The molecule has 0 bridgehead atoms. The lowest BCUT2D eigenvalue weighted by Gasteiger charge is -2.14. The molecule has 25 heavy (non-hydrogen) atoms. The van der Waals surface area contributed by atoms with Gasteiger partial charge in [0.15, 0.2) is 11.3 Å². The van der Waals surface area contributed by atoms with Gasteiger partial charge in [-0.2, -0.15) is 4.52 Å². The van der Waals surface area contributed by atoms with Crippen molar-refractivity contribution >= 4 is 22.5 Å². The van der Waals surface area contributed by atoms with E-state index in [1.807, 2.05) is 18.4 Å². The summed E-state index contributed by atoms with van der Waals surface area (Å²) in [6.07, 6.45) is 8.67. The Morgan fingerprint density at radius 2 is 1.92 bits per heavy atom. The van der Waals surface area contributed by atoms with Gasteiger partial charge in [0.2, 0.25) is 0 Å². The Morgan fingerprint density at radius 1 is 1.08 bits per heavy atom. The van der Waals surface area contributed by atoms with Crippen molar-refractivity contribution in [3.05, 3.63) is 40.7 Å². The van der Waals surface area contributed by atoms with Gasteiger partial charge in [-0.05, 0) is 64.5 Å². The number of nitrogens with zero attached hydrogens (tertiary/aromatic N) is 4. The summed E-state index contributed by atoms with van der Waals surface area (Å²) in [5.74, 6) is 0.994. The summed E-state index contributed by atoms with van der Waals surface area (Å²) in [6, 6.07) is 4.16. The maximum absolute atomic E-state index is 4.72. The summed E-state index contributed by atoms with van der Waals surface area (Å²) in [6.45, 7) is 7.06. The molecule has 3 aromatic heterocycles. The number of anilines is 1. The first kappa shape index (κ1) is 16.1. The van der Waals surface area contributed by atoms with Crippen LogP contribution in [-0.4, -0.2) is 26.1 Å². The van der Waals surface area contributed by atoms with Crippen LogP contribution in [0.5, 0.6) is 0 Å². The minimum Gasteiger partial charge on any atom is -0.370 e. The monoisotopic (exact) mass is 335 g/mol. The van der Waals surface area contributed by atoms with Gasteiger partial charge in [-0.1, -0.05) is 11.6 Å². The van der Waals surface area contributed by atoms with Crippen molar-refractivity contribution in [2.24, 2.45) is 0 Å². The van der Waals surface area contributed by atoms with Gasteiger partial charge < -0.3 is 5.32 Å². The number of allylic oxidation sites excluding steroid dienone is 1. The molecule has 5 nitrogen and oxygen atoms in total. The van der Waals surface area contributed by atoms with Gasteiger partial charge in [0.1, 0.15) is 5.82 Å². The Hall–Kier alpha value is -2.43. The predicted octanol–water partition coefficient (Wildman–Crippen LogP) is 4.51. The third kappa shape index (κ3) is 3.11. The molecule has 0 aliphatic heterocycles. The molecule has 0 unspecified atom stereocenters. The fourth-order valence-electron chi connectivity index (χ4n) is 3.75. The summed E-state index contributed by atoms with van der Waals surface area (Å²) in [5.41, 5.74) is 6.40. The van der Waals surface area contributed by atoms with Crippen molar-refractivity contribution in [3.63, 3.8) is 0 Å². The van der Waals surface area contributed by atoms with Gasteiger partial charge in [-0.25, -0.2) is 9.97 Å². The minimum absolute atomic E-state index is 0.772. The van der Waals surface area contributed by atoms with E-state index in [1.165, 1.54) is 31.2 Å². The lowest BCUT2D eigenvalue weighted by molar-refractivity contribution is 0.679. The van der Waals surface area contributed by atoms with E-state index in [9.17, 15) is 0 Å². The highest BCUT2D eigenvalue weighted by molar-refractivity contribution is 5.93. The van der Waals surface area contributed by atoms with Gasteiger partial charge in [0.05, 0.1) is 5.39 Å². The lowest BCUT2D eigenvalue weighted by Crippen LogP contribution is -2.09. The first-order valence-electron chi connectivity index (χ1n) is 9.18. The van der Waals surface area contributed by atoms with Gasteiger partial charge in [0, 0.05) is 24.0 Å². The zero-order chi connectivity index (χ0) is 17.4. The fraction of sp³-hybridized carbons (Fsp3) is 0.450. The molecule has 130 valence electrons. The summed E-state index contributed by atoms with van der Waals surface area (Å²) in [7, 11) is 0. The van der Waals surface area contributed by atoms with Crippen LogP contribution < -0.4 is 5.32 Å². The molecule has 0 saturated heterocycles. The summed E-state index contributed by atoms with van der Waals surface area (Å²) in [5, 5.41) is 9.32. The average molecular weight is 335 g/mol. The topological polar surface area (TPSA) is 55.1 Å². The number of pyridine rings is 1. The van der Waals surface area contributed by atoms with E-state index in [0.717, 1.165) is 46.9 Å². The molecule has 0 radical (unpaired) electrons. The van der Waals surface area contributed by atoms with Gasteiger partial charge in [0.25, 0.3) is 0 Å². The van der Waals surface area contributed by atoms with E-state index < -0.39 is 0 Å². The molecule has 0 aromatic carbocycles. The third-order valence-corrected chi connectivity index (χ3v) is 4.94. The van der Waals surface area contributed by atoms with Crippen LogP contribution in [0, 0.1) is 20.8 Å². The van der Waals surface area contributed by atoms with Crippen LogP contribution in [0.1, 0.15) is 49.1 Å². The van der Waals surface area contributed by atoms with E-state index >= 15 is 0 Å². The molecule has 1 N–H and O–H groups in total. The molecule has 0 saturated carbocycles. The Morgan fingerprint density at radius 3 is 2.72 bits per heavy atom. The molecule has 1 aliphatic rings. The maximum Gasteiger partial charge on any atom is 0.184 e. The maximum atomic E-state index is 4.72. The van der Waals surface area contributed by atoms with Crippen LogP contribution in [0.15, 0.2) is 23.8 Å². The number of aromatic nitrogens is 4. The highest BCUT2D eigenvalue weighted by Crippen LogP contribution is 2.25. The number of nitrogens with one attached hydrogen (secondary N) is 1. The Bertz CT molecular complexity index is 967. The molecule has 0 amide bonds. The Kier molecular flexibility index (Phi) is 4.15. The quantitative estimate of drug-likeness (QED) is 0.713. The van der Waals surface area contributed by atoms with Gasteiger partial charge in [-0.3, -0.25) is 0 Å². The number of rotatable bonds is 4. The van der Waals surface area contributed by atoms with E-state index in [2.05, 4.69) is 35.4 Å². The van der Waals surface area contributed by atoms with E-state index in [-0.39, 0.29) is 0 Å². The van der Waals surface area contributed by atoms with E-state index in [4.69, 9.17) is 10.1 Å². The minimum atomic E-state index is 0.772. The molecular formula is C20H25N5. The zero-order valence-electron chi connectivity index (χ0n) is 15.3. The van der Waals surface area contributed by atoms with Crippen LogP contribution in [0.2, 0.25) is 0 Å². The van der Waals surface area contributed by atoms with Crippen molar-refractivity contribution in [1.29, 1.82) is 0 Å². The predicted molar refractivity (Wildman–Crippen MR) is 102 cm³/mol. The number of hydrogen-bond acceptors (Lipinski definition) is 4.